The van der Waals surface area contributed by atoms with Gasteiger partial charge in [0.1, 0.15) is 5.82 Å². The summed E-state index contributed by atoms with van der Waals surface area (Å²) in [5.74, 6) is 0.113. The summed E-state index contributed by atoms with van der Waals surface area (Å²) in [6.07, 6.45) is 4.17. The first kappa shape index (κ1) is 12.1. The molecule has 1 aliphatic rings. The second-order valence-electron chi connectivity index (χ2n) is 5.09. The topological polar surface area (TPSA) is 69.6 Å². The summed E-state index contributed by atoms with van der Waals surface area (Å²) >= 11 is 0. The van der Waals surface area contributed by atoms with Crippen LogP contribution >= 0.6 is 0 Å². The van der Waals surface area contributed by atoms with Crippen molar-refractivity contribution in [1.82, 2.24) is 20.2 Å². The fourth-order valence-corrected chi connectivity index (χ4v) is 2.69. The van der Waals surface area contributed by atoms with Gasteiger partial charge >= 0.3 is 0 Å². The maximum absolute atomic E-state index is 14.0. The number of anilines is 1. The van der Waals surface area contributed by atoms with E-state index >= 15 is 0 Å². The van der Waals surface area contributed by atoms with Gasteiger partial charge in [0.15, 0.2) is 5.82 Å². The zero-order valence-electron chi connectivity index (χ0n) is 10.8. The molecule has 0 spiro atoms. The van der Waals surface area contributed by atoms with Crippen molar-refractivity contribution in [3.05, 3.63) is 24.0 Å². The second-order valence-corrected chi connectivity index (χ2v) is 5.09. The minimum atomic E-state index is -0.351. The number of nitrogens with two attached hydrogens (primary N) is 1. The Morgan fingerprint density at radius 3 is 2.84 bits per heavy atom. The van der Waals surface area contributed by atoms with E-state index in [4.69, 9.17) is 5.73 Å². The average Bonchev–Trinajstić information content (AvgIpc) is 2.81. The zero-order chi connectivity index (χ0) is 13.5. The van der Waals surface area contributed by atoms with E-state index in [-0.39, 0.29) is 11.4 Å². The Balaban J connectivity index is 2.12. The lowest BCUT2D eigenvalue weighted by atomic mass is 9.75. The molecule has 1 aromatic carbocycles. The van der Waals surface area contributed by atoms with E-state index < -0.39 is 0 Å². The van der Waals surface area contributed by atoms with E-state index in [2.05, 4.69) is 22.4 Å². The number of halogens is 1. The van der Waals surface area contributed by atoms with Crippen LogP contribution in [0.3, 0.4) is 0 Å². The molecule has 3 rings (SSSR count). The van der Waals surface area contributed by atoms with Crippen LogP contribution in [0.2, 0.25) is 0 Å². The van der Waals surface area contributed by atoms with Gasteiger partial charge in [0.25, 0.3) is 0 Å². The predicted molar refractivity (Wildman–Crippen MR) is 69.7 cm³/mol. The number of hydrogen-bond donors (Lipinski definition) is 1. The first-order chi connectivity index (χ1) is 9.16. The van der Waals surface area contributed by atoms with Crippen molar-refractivity contribution in [2.45, 2.75) is 38.1 Å². The SMILES string of the molecule is CCC1(n2nnnc2-c2cc(N)ccc2F)CCC1. The minimum absolute atomic E-state index is 0.0596. The van der Waals surface area contributed by atoms with Gasteiger partial charge in [0.2, 0.25) is 0 Å². The molecule has 0 aliphatic heterocycles. The van der Waals surface area contributed by atoms with Gasteiger partial charge in [-0.1, -0.05) is 6.92 Å². The van der Waals surface area contributed by atoms with Crippen LogP contribution in [0.4, 0.5) is 10.1 Å². The third-order valence-corrected chi connectivity index (χ3v) is 4.09. The van der Waals surface area contributed by atoms with Gasteiger partial charge in [-0.2, -0.15) is 0 Å². The quantitative estimate of drug-likeness (QED) is 0.861. The molecule has 1 saturated carbocycles. The molecular formula is C13H16FN5. The van der Waals surface area contributed by atoms with Crippen molar-refractivity contribution < 1.29 is 4.39 Å². The highest BCUT2D eigenvalue weighted by Gasteiger charge is 2.40. The zero-order valence-corrected chi connectivity index (χ0v) is 10.8. The van der Waals surface area contributed by atoms with Gasteiger partial charge in [-0.3, -0.25) is 0 Å². The molecule has 1 aliphatic carbocycles. The van der Waals surface area contributed by atoms with E-state index in [0.29, 0.717) is 17.1 Å². The lowest BCUT2D eigenvalue weighted by Crippen LogP contribution is -2.41. The van der Waals surface area contributed by atoms with Crippen LogP contribution in [0.1, 0.15) is 32.6 Å². The molecule has 0 unspecified atom stereocenters. The number of tetrazole rings is 1. The lowest BCUT2D eigenvalue weighted by Gasteiger charge is -2.41. The number of aromatic nitrogens is 4. The number of hydrogen-bond acceptors (Lipinski definition) is 4. The molecule has 0 atom stereocenters. The Labute approximate surface area is 110 Å². The Kier molecular flexibility index (Phi) is 2.73. The van der Waals surface area contributed by atoms with Crippen LogP contribution in [0.25, 0.3) is 11.4 Å². The van der Waals surface area contributed by atoms with Crippen molar-refractivity contribution in [3.8, 4) is 11.4 Å². The largest absolute Gasteiger partial charge is 0.399 e. The molecule has 1 aromatic heterocycles. The van der Waals surface area contributed by atoms with Crippen molar-refractivity contribution in [2.24, 2.45) is 0 Å². The van der Waals surface area contributed by atoms with Crippen LogP contribution < -0.4 is 5.73 Å². The fourth-order valence-electron chi connectivity index (χ4n) is 2.69. The predicted octanol–water partition coefficient (Wildman–Crippen LogP) is 2.35. The third-order valence-electron chi connectivity index (χ3n) is 4.09. The Hall–Kier alpha value is -1.98. The molecular weight excluding hydrogens is 245 g/mol. The van der Waals surface area contributed by atoms with Crippen LogP contribution in [0.5, 0.6) is 0 Å². The van der Waals surface area contributed by atoms with Crippen molar-refractivity contribution in [1.29, 1.82) is 0 Å². The van der Waals surface area contributed by atoms with Gasteiger partial charge in [0.05, 0.1) is 11.1 Å². The van der Waals surface area contributed by atoms with E-state index in [1.165, 1.54) is 12.1 Å². The first-order valence-corrected chi connectivity index (χ1v) is 6.50. The highest BCUT2D eigenvalue weighted by Crippen LogP contribution is 2.43. The monoisotopic (exact) mass is 261 g/mol. The first-order valence-electron chi connectivity index (χ1n) is 6.50. The average molecular weight is 261 g/mol. The van der Waals surface area contributed by atoms with Gasteiger partial charge in [-0.15, -0.1) is 5.10 Å². The molecule has 2 aromatic rings. The maximum atomic E-state index is 14.0. The fraction of sp³-hybridized carbons (Fsp3) is 0.462. The second kappa shape index (κ2) is 4.29. The number of benzene rings is 1. The minimum Gasteiger partial charge on any atom is -0.399 e. The maximum Gasteiger partial charge on any atom is 0.185 e. The molecule has 0 saturated heterocycles. The highest BCUT2D eigenvalue weighted by molar-refractivity contribution is 5.62. The van der Waals surface area contributed by atoms with Gasteiger partial charge < -0.3 is 5.73 Å². The smallest absolute Gasteiger partial charge is 0.185 e. The summed E-state index contributed by atoms with van der Waals surface area (Å²) in [7, 11) is 0. The molecule has 0 amide bonds. The number of nitrogens with zero attached hydrogens (tertiary/aromatic N) is 4. The molecule has 1 fully saturated rings. The van der Waals surface area contributed by atoms with Crippen molar-refractivity contribution in [3.63, 3.8) is 0 Å². The summed E-state index contributed by atoms with van der Waals surface area (Å²) in [6, 6.07) is 4.47. The summed E-state index contributed by atoms with van der Waals surface area (Å²) in [5.41, 5.74) is 6.54. The highest BCUT2D eigenvalue weighted by atomic mass is 19.1. The number of rotatable bonds is 3. The van der Waals surface area contributed by atoms with E-state index in [9.17, 15) is 4.39 Å². The standard InChI is InChI=1S/C13H16FN5/c1-2-13(6-3-7-13)19-12(16-17-18-19)10-8-9(15)4-5-11(10)14/h4-5,8H,2-3,6-7,15H2,1H3. The molecule has 6 heteroatoms. The van der Waals surface area contributed by atoms with Gasteiger partial charge in [0, 0.05) is 5.69 Å². The summed E-state index contributed by atoms with van der Waals surface area (Å²) in [5, 5.41) is 11.8. The summed E-state index contributed by atoms with van der Waals surface area (Å²) in [4.78, 5) is 0. The van der Waals surface area contributed by atoms with Crippen LogP contribution in [0.15, 0.2) is 18.2 Å². The van der Waals surface area contributed by atoms with Crippen LogP contribution in [0, 0.1) is 5.82 Å². The van der Waals surface area contributed by atoms with E-state index in [1.54, 1.807) is 10.7 Å². The Morgan fingerprint density at radius 1 is 1.42 bits per heavy atom. The lowest BCUT2D eigenvalue weighted by molar-refractivity contribution is 0.118. The summed E-state index contributed by atoms with van der Waals surface area (Å²) < 4.78 is 15.7. The van der Waals surface area contributed by atoms with Crippen molar-refractivity contribution in [2.75, 3.05) is 5.73 Å². The summed E-state index contributed by atoms with van der Waals surface area (Å²) in [6.45, 7) is 2.11. The van der Waals surface area contributed by atoms with Crippen molar-refractivity contribution >= 4 is 5.69 Å². The molecule has 0 bridgehead atoms. The number of nitrogen functional groups attached to an aromatic ring is 1. The van der Waals surface area contributed by atoms with Crippen LogP contribution in [-0.2, 0) is 5.54 Å². The molecule has 2 N–H and O–H groups in total. The third kappa shape index (κ3) is 1.78. The Bertz CT molecular complexity index is 597. The van der Waals surface area contributed by atoms with Gasteiger partial charge in [-0.05, 0) is 54.3 Å². The molecule has 19 heavy (non-hydrogen) atoms. The molecule has 1 heterocycles. The van der Waals surface area contributed by atoms with Crippen LogP contribution in [-0.4, -0.2) is 20.2 Å². The van der Waals surface area contributed by atoms with E-state index in [1.807, 2.05) is 0 Å². The normalized spacial score (nSPS) is 17.2. The van der Waals surface area contributed by atoms with E-state index in [0.717, 1.165) is 25.7 Å². The molecule has 5 nitrogen and oxygen atoms in total. The van der Waals surface area contributed by atoms with Gasteiger partial charge in [-0.25, -0.2) is 9.07 Å². The molecule has 100 valence electrons. The molecule has 0 radical (unpaired) electrons. The Morgan fingerprint density at radius 2 is 2.21 bits per heavy atom.